The van der Waals surface area contributed by atoms with Crippen LogP contribution in [0.4, 0.5) is 0 Å². The summed E-state index contributed by atoms with van der Waals surface area (Å²) in [4.78, 5) is 2.24. The van der Waals surface area contributed by atoms with E-state index in [9.17, 15) is 0 Å². The maximum absolute atomic E-state index is 6.03. The van der Waals surface area contributed by atoms with Crippen molar-refractivity contribution in [1.82, 2.24) is 4.90 Å². The van der Waals surface area contributed by atoms with Crippen LogP contribution in [0.15, 0.2) is 35.6 Å². The topological polar surface area (TPSA) is 42.2 Å². The van der Waals surface area contributed by atoms with E-state index in [4.69, 9.17) is 18.6 Å². The van der Waals surface area contributed by atoms with Crippen LogP contribution in [0.1, 0.15) is 6.92 Å². The lowest BCUT2D eigenvalue weighted by Crippen LogP contribution is -2.39. The smallest absolute Gasteiger partial charge is 0.425 e. The standard InChI is InChI=1S/C16H22NO4/c1-11-13-10-15(19-3)14(18-2)8-12(13)9-16(21-11)17-4-6-20-7-5-17/h8-10,12-13H,4-7H2,1-3H3/q+1/t12-,13+/m1/s1. The SMILES string of the molecule is COC1=C[C@@H]2C=C(N3CCOCC3)[O+]=C(C)[C@@H]2C=C1OC. The van der Waals surface area contributed by atoms with Gasteiger partial charge in [0.1, 0.15) is 5.92 Å². The Hall–Kier alpha value is -1.75. The van der Waals surface area contributed by atoms with Gasteiger partial charge in [0.2, 0.25) is 0 Å². The van der Waals surface area contributed by atoms with Crippen molar-refractivity contribution in [2.24, 2.45) is 11.8 Å². The number of morpholine rings is 1. The van der Waals surface area contributed by atoms with Gasteiger partial charge in [-0.25, -0.2) is 0 Å². The number of nitrogens with zero attached hydrogens (tertiary/aromatic N) is 1. The van der Waals surface area contributed by atoms with Crippen molar-refractivity contribution in [2.45, 2.75) is 6.92 Å². The Morgan fingerprint density at radius 3 is 2.43 bits per heavy atom. The number of hydrogen-bond donors (Lipinski definition) is 0. The number of methoxy groups -OCH3 is 2. The zero-order chi connectivity index (χ0) is 14.8. The fourth-order valence-corrected chi connectivity index (χ4v) is 2.98. The molecule has 2 aliphatic heterocycles. The Bertz CT molecular complexity index is 526. The van der Waals surface area contributed by atoms with Crippen LogP contribution in [0.5, 0.6) is 0 Å². The number of hydrogen-bond acceptors (Lipinski definition) is 4. The zero-order valence-corrected chi connectivity index (χ0v) is 12.8. The summed E-state index contributed by atoms with van der Waals surface area (Å²) in [6, 6.07) is 0. The van der Waals surface area contributed by atoms with E-state index in [1.54, 1.807) is 14.2 Å². The van der Waals surface area contributed by atoms with Crippen LogP contribution < -0.4 is 0 Å². The molecule has 0 radical (unpaired) electrons. The lowest BCUT2D eigenvalue weighted by atomic mass is 9.83. The molecule has 114 valence electrons. The molecule has 0 spiro atoms. The van der Waals surface area contributed by atoms with Gasteiger partial charge in [0, 0.05) is 32.0 Å². The molecule has 1 fully saturated rings. The molecule has 3 rings (SSSR count). The van der Waals surface area contributed by atoms with Gasteiger partial charge >= 0.3 is 11.7 Å². The fourth-order valence-electron chi connectivity index (χ4n) is 2.98. The summed E-state index contributed by atoms with van der Waals surface area (Å²) in [5, 5.41) is 0. The number of ether oxygens (including phenoxy) is 3. The predicted octanol–water partition coefficient (Wildman–Crippen LogP) is 1.60. The minimum absolute atomic E-state index is 0.198. The van der Waals surface area contributed by atoms with E-state index in [0.29, 0.717) is 0 Å². The van der Waals surface area contributed by atoms with E-state index in [1.165, 1.54) is 0 Å². The van der Waals surface area contributed by atoms with Crippen LogP contribution in [0.3, 0.4) is 0 Å². The first-order chi connectivity index (χ1) is 10.2. The van der Waals surface area contributed by atoms with Gasteiger partial charge in [-0.05, 0) is 12.2 Å². The summed E-state index contributed by atoms with van der Waals surface area (Å²) < 4.78 is 22.2. The summed E-state index contributed by atoms with van der Waals surface area (Å²) in [6.45, 7) is 5.27. The zero-order valence-electron chi connectivity index (χ0n) is 12.8. The first kappa shape index (κ1) is 14.2. The maximum atomic E-state index is 6.03. The normalized spacial score (nSPS) is 28.8. The van der Waals surface area contributed by atoms with Gasteiger partial charge in [-0.3, -0.25) is 4.90 Å². The molecule has 1 saturated heterocycles. The summed E-state index contributed by atoms with van der Waals surface area (Å²) >= 11 is 0. The first-order valence-electron chi connectivity index (χ1n) is 7.30. The van der Waals surface area contributed by atoms with Crippen molar-refractivity contribution < 1.29 is 18.6 Å². The minimum atomic E-state index is 0.198. The maximum Gasteiger partial charge on any atom is 0.425 e. The molecule has 1 aliphatic carbocycles. The number of ketones is 1. The second-order valence-electron chi connectivity index (χ2n) is 5.39. The molecule has 0 unspecified atom stereocenters. The molecular formula is C16H22NO4+. The lowest BCUT2D eigenvalue weighted by Gasteiger charge is -2.28. The average molecular weight is 292 g/mol. The van der Waals surface area contributed by atoms with Crippen molar-refractivity contribution in [3.8, 4) is 0 Å². The highest BCUT2D eigenvalue weighted by Gasteiger charge is 2.39. The molecule has 0 aromatic carbocycles. The van der Waals surface area contributed by atoms with Crippen LogP contribution in [0, 0.1) is 11.8 Å². The molecule has 0 N–H and O–H groups in total. The summed E-state index contributed by atoms with van der Waals surface area (Å²) in [6.07, 6.45) is 6.35. The van der Waals surface area contributed by atoms with Crippen LogP contribution in [-0.4, -0.2) is 51.2 Å². The fraction of sp³-hybridized carbons (Fsp3) is 0.562. The molecule has 0 saturated carbocycles. The van der Waals surface area contributed by atoms with E-state index >= 15 is 0 Å². The minimum Gasteiger partial charge on any atom is -0.493 e. The Kier molecular flexibility index (Phi) is 4.01. The molecule has 2 heterocycles. The van der Waals surface area contributed by atoms with Gasteiger partial charge < -0.3 is 14.2 Å². The summed E-state index contributed by atoms with van der Waals surface area (Å²) in [5.74, 6) is 3.91. The van der Waals surface area contributed by atoms with Crippen LogP contribution in [-0.2, 0) is 18.6 Å². The molecule has 21 heavy (non-hydrogen) atoms. The number of carbonyl (C=O) groups excluding carboxylic acids is 1. The van der Waals surface area contributed by atoms with Crippen molar-refractivity contribution in [2.75, 3.05) is 40.5 Å². The predicted molar refractivity (Wildman–Crippen MR) is 78.3 cm³/mol. The number of rotatable bonds is 3. The number of fused-ring (bicyclic) bond motifs is 1. The first-order valence-corrected chi connectivity index (χ1v) is 7.30. The Labute approximate surface area is 125 Å². The lowest BCUT2D eigenvalue weighted by molar-refractivity contribution is -0.429. The molecule has 0 bridgehead atoms. The van der Waals surface area contributed by atoms with E-state index < -0.39 is 0 Å². The quantitative estimate of drug-likeness (QED) is 0.741. The molecule has 0 aromatic rings. The molecule has 5 heteroatoms. The van der Waals surface area contributed by atoms with Gasteiger partial charge in [0.15, 0.2) is 11.5 Å². The van der Waals surface area contributed by atoms with Gasteiger partial charge in [-0.15, -0.1) is 0 Å². The van der Waals surface area contributed by atoms with Gasteiger partial charge in [0.25, 0.3) is 0 Å². The third kappa shape index (κ3) is 2.70. The molecule has 3 aliphatic rings. The Morgan fingerprint density at radius 1 is 1.10 bits per heavy atom. The molecule has 0 aromatic heterocycles. The van der Waals surface area contributed by atoms with Crippen molar-refractivity contribution in [1.29, 1.82) is 0 Å². The van der Waals surface area contributed by atoms with Crippen LogP contribution >= 0.6 is 0 Å². The third-order valence-electron chi connectivity index (χ3n) is 4.16. The van der Waals surface area contributed by atoms with E-state index in [1.807, 2.05) is 6.92 Å². The van der Waals surface area contributed by atoms with Crippen molar-refractivity contribution >= 4 is 5.78 Å². The van der Waals surface area contributed by atoms with Crippen molar-refractivity contribution in [3.05, 3.63) is 35.6 Å². The van der Waals surface area contributed by atoms with E-state index in [-0.39, 0.29) is 11.8 Å². The Balaban J connectivity index is 1.88. The summed E-state index contributed by atoms with van der Waals surface area (Å²) in [7, 11) is 3.33. The monoisotopic (exact) mass is 292 g/mol. The molecule has 2 atom stereocenters. The second kappa shape index (κ2) is 5.93. The van der Waals surface area contributed by atoms with E-state index in [2.05, 4.69) is 23.1 Å². The second-order valence-corrected chi connectivity index (χ2v) is 5.39. The molecular weight excluding hydrogens is 270 g/mol. The van der Waals surface area contributed by atoms with Crippen LogP contribution in [0.25, 0.3) is 0 Å². The highest BCUT2D eigenvalue weighted by molar-refractivity contribution is 5.83. The van der Waals surface area contributed by atoms with Gasteiger partial charge in [-0.1, -0.05) is 0 Å². The Morgan fingerprint density at radius 2 is 1.76 bits per heavy atom. The van der Waals surface area contributed by atoms with Gasteiger partial charge in [0.05, 0.1) is 27.4 Å². The van der Waals surface area contributed by atoms with Gasteiger partial charge in [-0.2, -0.15) is 4.42 Å². The molecule has 5 nitrogen and oxygen atoms in total. The third-order valence-corrected chi connectivity index (χ3v) is 4.16. The highest BCUT2D eigenvalue weighted by Crippen LogP contribution is 2.33. The largest absolute Gasteiger partial charge is 0.493 e. The highest BCUT2D eigenvalue weighted by atomic mass is 16.5. The average Bonchev–Trinajstić information content (AvgIpc) is 2.54. The van der Waals surface area contributed by atoms with Crippen LogP contribution in [0.2, 0.25) is 0 Å². The number of allylic oxidation sites excluding steroid dienone is 3. The van der Waals surface area contributed by atoms with Crippen molar-refractivity contribution in [3.63, 3.8) is 0 Å². The summed E-state index contributed by atoms with van der Waals surface area (Å²) in [5.41, 5.74) is 0. The molecule has 0 amide bonds. The van der Waals surface area contributed by atoms with E-state index in [0.717, 1.165) is 49.5 Å².